The number of hydrogen-bond donors (Lipinski definition) is 1. The average Bonchev–Trinajstić information content (AvgIpc) is 2.61. The number of Topliss-reactive ketones (excluding diaryl/α,β-unsaturated/α-hetero) is 1. The molecule has 1 unspecified atom stereocenters. The maximum absolute atomic E-state index is 13.4. The molecule has 6 heteroatoms. The molecule has 0 aliphatic rings. The molecule has 0 aromatic rings. The van der Waals surface area contributed by atoms with Gasteiger partial charge in [-0.1, -0.05) is 62.3 Å². The summed E-state index contributed by atoms with van der Waals surface area (Å²) in [5.74, 6) is 0.231. The maximum atomic E-state index is 13.4. The van der Waals surface area contributed by atoms with Crippen LogP contribution in [0.3, 0.4) is 0 Å². The van der Waals surface area contributed by atoms with Crippen molar-refractivity contribution in [1.82, 2.24) is 15.1 Å². The van der Waals surface area contributed by atoms with Gasteiger partial charge in [0.15, 0.2) is 5.78 Å². The fraction of sp³-hybridized carbons (Fsp3) is 0.875. The summed E-state index contributed by atoms with van der Waals surface area (Å²) in [7, 11) is 5.47. The number of amides is 2. The van der Waals surface area contributed by atoms with E-state index in [1.54, 1.807) is 11.9 Å². The van der Waals surface area contributed by atoms with Gasteiger partial charge in [-0.15, -0.1) is 0 Å². The molecule has 6 nitrogen and oxygen atoms in total. The predicted molar refractivity (Wildman–Crippen MR) is 124 cm³/mol. The van der Waals surface area contributed by atoms with E-state index in [9.17, 15) is 14.4 Å². The highest BCUT2D eigenvalue weighted by Crippen LogP contribution is 2.21. The third kappa shape index (κ3) is 8.01. The number of hydrogen-bond acceptors (Lipinski definition) is 4. The summed E-state index contributed by atoms with van der Waals surface area (Å²) < 4.78 is 0. The van der Waals surface area contributed by atoms with Crippen molar-refractivity contribution in [3.8, 4) is 0 Å². The topological polar surface area (TPSA) is 69.7 Å². The number of carbonyl (C=O) groups is 3. The Morgan fingerprint density at radius 2 is 1.30 bits per heavy atom. The Hall–Kier alpha value is -1.43. The maximum Gasteiger partial charge on any atom is 0.245 e. The summed E-state index contributed by atoms with van der Waals surface area (Å²) in [6.07, 6.45) is 0.614. The Bertz CT molecular complexity index is 570. The molecule has 176 valence electrons. The number of ketones is 1. The van der Waals surface area contributed by atoms with Gasteiger partial charge in [0.05, 0.1) is 12.1 Å². The molecular weight excluding hydrogens is 378 g/mol. The van der Waals surface area contributed by atoms with Crippen molar-refractivity contribution in [1.29, 1.82) is 0 Å². The Balaban J connectivity index is 5.74. The lowest BCUT2D eigenvalue weighted by Gasteiger charge is -2.36. The van der Waals surface area contributed by atoms with Gasteiger partial charge in [0, 0.05) is 13.0 Å². The number of carbonyl (C=O) groups excluding carboxylic acids is 3. The van der Waals surface area contributed by atoms with Crippen molar-refractivity contribution in [2.45, 2.75) is 86.9 Å². The summed E-state index contributed by atoms with van der Waals surface area (Å²) in [5, 5.41) is 3.01. The quantitative estimate of drug-likeness (QED) is 0.520. The molecule has 0 aliphatic carbocycles. The summed E-state index contributed by atoms with van der Waals surface area (Å²) >= 11 is 0. The molecule has 0 aliphatic heterocycles. The highest BCUT2D eigenvalue weighted by atomic mass is 16.2. The van der Waals surface area contributed by atoms with Crippen molar-refractivity contribution in [3.63, 3.8) is 0 Å². The molecular formula is C24H47N3O3. The number of nitrogens with zero attached hydrogens (tertiary/aromatic N) is 2. The molecule has 1 N–H and O–H groups in total. The largest absolute Gasteiger partial charge is 0.343 e. The first-order valence-electron chi connectivity index (χ1n) is 11.4. The molecule has 0 aromatic carbocycles. The first-order valence-corrected chi connectivity index (χ1v) is 11.4. The van der Waals surface area contributed by atoms with Crippen LogP contribution in [0.25, 0.3) is 0 Å². The van der Waals surface area contributed by atoms with Crippen LogP contribution >= 0.6 is 0 Å². The minimum atomic E-state index is -0.668. The Morgan fingerprint density at radius 1 is 0.800 bits per heavy atom. The van der Waals surface area contributed by atoms with E-state index in [2.05, 4.69) is 39.9 Å². The van der Waals surface area contributed by atoms with Crippen molar-refractivity contribution >= 4 is 17.6 Å². The normalized spacial score (nSPS) is 16.2. The van der Waals surface area contributed by atoms with Crippen LogP contribution in [0.2, 0.25) is 0 Å². The van der Waals surface area contributed by atoms with Gasteiger partial charge in [-0.2, -0.15) is 0 Å². The molecule has 0 aromatic heterocycles. The average molecular weight is 426 g/mol. The highest BCUT2D eigenvalue weighted by molar-refractivity contribution is 5.94. The Labute approximate surface area is 185 Å². The van der Waals surface area contributed by atoms with Crippen LogP contribution in [0.5, 0.6) is 0 Å². The van der Waals surface area contributed by atoms with Gasteiger partial charge in [-0.3, -0.25) is 19.3 Å². The molecule has 2 amide bonds. The fourth-order valence-electron chi connectivity index (χ4n) is 3.73. The van der Waals surface area contributed by atoms with Gasteiger partial charge in [0.25, 0.3) is 0 Å². The van der Waals surface area contributed by atoms with E-state index in [0.717, 1.165) is 0 Å². The van der Waals surface area contributed by atoms with E-state index in [1.807, 2.05) is 46.7 Å². The van der Waals surface area contributed by atoms with Crippen LogP contribution in [0.4, 0.5) is 0 Å². The molecule has 30 heavy (non-hydrogen) atoms. The summed E-state index contributed by atoms with van der Waals surface area (Å²) in [5.41, 5.74) is 0. The molecule has 0 heterocycles. The van der Waals surface area contributed by atoms with E-state index in [-0.39, 0.29) is 47.3 Å². The van der Waals surface area contributed by atoms with Crippen molar-refractivity contribution in [3.05, 3.63) is 0 Å². The number of likely N-dealkylation sites (N-methyl/N-ethyl adjacent to an activating group) is 2. The SMILES string of the molecule is CC(C)C[C@@H](C(=O)C(C)C)N(C)C(=O)[C@@H](NC(=O)C([C@@H](C)C(C)C)N(C)C)C(C)C. The van der Waals surface area contributed by atoms with Gasteiger partial charge >= 0.3 is 0 Å². The molecule has 4 atom stereocenters. The first kappa shape index (κ1) is 28.6. The second-order valence-corrected chi connectivity index (χ2v) is 10.4. The van der Waals surface area contributed by atoms with Crippen molar-refractivity contribution < 1.29 is 14.4 Å². The summed E-state index contributed by atoms with van der Waals surface area (Å²) in [6, 6.07) is -1.47. The van der Waals surface area contributed by atoms with Crippen LogP contribution in [0, 0.1) is 29.6 Å². The van der Waals surface area contributed by atoms with Crippen molar-refractivity contribution in [2.75, 3.05) is 21.1 Å². The number of nitrogens with one attached hydrogen (secondary N) is 1. The predicted octanol–water partition coefficient (Wildman–Crippen LogP) is 3.45. The van der Waals surface area contributed by atoms with E-state index in [4.69, 9.17) is 0 Å². The van der Waals surface area contributed by atoms with E-state index < -0.39 is 12.1 Å². The van der Waals surface area contributed by atoms with Gasteiger partial charge in [0.1, 0.15) is 6.04 Å². The highest BCUT2D eigenvalue weighted by Gasteiger charge is 2.37. The van der Waals surface area contributed by atoms with Crippen LogP contribution < -0.4 is 5.32 Å². The Morgan fingerprint density at radius 3 is 1.63 bits per heavy atom. The third-order valence-electron chi connectivity index (χ3n) is 6.01. The van der Waals surface area contributed by atoms with Gasteiger partial charge < -0.3 is 10.2 Å². The smallest absolute Gasteiger partial charge is 0.245 e. The third-order valence-corrected chi connectivity index (χ3v) is 6.01. The lowest BCUT2D eigenvalue weighted by atomic mass is 9.88. The zero-order valence-electron chi connectivity index (χ0n) is 21.4. The Kier molecular flexibility index (Phi) is 11.8. The van der Waals surface area contributed by atoms with Crippen LogP contribution in [-0.4, -0.2) is 66.7 Å². The van der Waals surface area contributed by atoms with E-state index in [1.165, 1.54) is 0 Å². The molecule has 0 rings (SSSR count). The minimum absolute atomic E-state index is 0.0629. The van der Waals surface area contributed by atoms with Gasteiger partial charge in [-0.25, -0.2) is 0 Å². The van der Waals surface area contributed by atoms with Crippen LogP contribution in [0.15, 0.2) is 0 Å². The fourth-order valence-corrected chi connectivity index (χ4v) is 3.73. The molecule has 0 saturated carbocycles. The minimum Gasteiger partial charge on any atom is -0.343 e. The molecule has 0 spiro atoms. The second kappa shape index (κ2) is 12.4. The standard InChI is InChI=1S/C24H47N3O3/c1-14(2)13-19(22(28)17(7)8)27(12)24(30)20(16(5)6)25-23(29)21(26(10)11)18(9)15(3)4/h14-21H,13H2,1-12H3,(H,25,29)/t18-,19-,20-,21?/m0/s1. The lowest BCUT2D eigenvalue weighted by molar-refractivity contribution is -0.144. The summed E-state index contributed by atoms with van der Waals surface area (Å²) in [6.45, 7) is 17.9. The monoisotopic (exact) mass is 425 g/mol. The van der Waals surface area contributed by atoms with E-state index in [0.29, 0.717) is 12.3 Å². The lowest BCUT2D eigenvalue weighted by Crippen LogP contribution is -2.58. The molecule has 0 fully saturated rings. The summed E-state index contributed by atoms with van der Waals surface area (Å²) in [4.78, 5) is 42.9. The first-order chi connectivity index (χ1) is 13.6. The van der Waals surface area contributed by atoms with Crippen LogP contribution in [0.1, 0.15) is 68.7 Å². The van der Waals surface area contributed by atoms with Gasteiger partial charge in [-0.05, 0) is 44.2 Å². The van der Waals surface area contributed by atoms with Crippen LogP contribution in [-0.2, 0) is 14.4 Å². The second-order valence-electron chi connectivity index (χ2n) is 10.4. The van der Waals surface area contributed by atoms with E-state index >= 15 is 0 Å². The molecule has 0 bridgehead atoms. The number of rotatable bonds is 12. The molecule has 0 saturated heterocycles. The zero-order chi connectivity index (χ0) is 23.9. The van der Waals surface area contributed by atoms with Crippen molar-refractivity contribution in [2.24, 2.45) is 29.6 Å². The van der Waals surface area contributed by atoms with Gasteiger partial charge in [0.2, 0.25) is 11.8 Å². The zero-order valence-corrected chi connectivity index (χ0v) is 21.4. The molecule has 0 radical (unpaired) electrons.